The Hall–Kier alpha value is -0.950. The fraction of sp³-hybridized carbons (Fsp3) is 0.455. The minimum absolute atomic E-state index is 0.111. The molecule has 0 spiro atoms. The first-order valence-electron chi connectivity index (χ1n) is 5.36. The second kappa shape index (κ2) is 4.73. The fourth-order valence-electron chi connectivity index (χ4n) is 1.72. The van der Waals surface area contributed by atoms with Crippen molar-refractivity contribution in [2.75, 3.05) is 27.4 Å². The van der Waals surface area contributed by atoms with Crippen molar-refractivity contribution >= 4 is 10.2 Å². The molecule has 0 radical (unpaired) electrons. The topological polar surface area (TPSA) is 49.9 Å². The van der Waals surface area contributed by atoms with Crippen LogP contribution in [0.3, 0.4) is 0 Å². The van der Waals surface area contributed by atoms with Gasteiger partial charge in [0.15, 0.2) is 0 Å². The van der Waals surface area contributed by atoms with Crippen molar-refractivity contribution < 1.29 is 13.2 Å². The van der Waals surface area contributed by atoms with Gasteiger partial charge in [0.05, 0.1) is 6.10 Å². The quantitative estimate of drug-likeness (QED) is 0.804. The highest BCUT2D eigenvalue weighted by Crippen LogP contribution is 2.26. The van der Waals surface area contributed by atoms with Gasteiger partial charge in [-0.1, -0.05) is 30.3 Å². The van der Waals surface area contributed by atoms with Gasteiger partial charge < -0.3 is 4.74 Å². The number of hydrogen-bond acceptors (Lipinski definition) is 3. The van der Waals surface area contributed by atoms with E-state index in [0.29, 0.717) is 6.54 Å². The van der Waals surface area contributed by atoms with Crippen LogP contribution in [0.15, 0.2) is 30.3 Å². The smallest absolute Gasteiger partial charge is 0.283 e. The van der Waals surface area contributed by atoms with E-state index in [-0.39, 0.29) is 12.8 Å². The van der Waals surface area contributed by atoms with E-state index in [0.717, 1.165) is 5.56 Å². The van der Waals surface area contributed by atoms with Gasteiger partial charge in [-0.25, -0.2) is 0 Å². The first-order chi connectivity index (χ1) is 8.01. The third kappa shape index (κ3) is 2.50. The maximum absolute atomic E-state index is 11.9. The molecule has 1 fully saturated rings. The van der Waals surface area contributed by atoms with Gasteiger partial charge >= 0.3 is 0 Å². The molecule has 1 aromatic carbocycles. The summed E-state index contributed by atoms with van der Waals surface area (Å²) in [4.78, 5) is 0. The molecule has 1 heterocycles. The van der Waals surface area contributed by atoms with Crippen LogP contribution in [0.4, 0.5) is 0 Å². The highest BCUT2D eigenvalue weighted by Gasteiger charge is 2.34. The molecule has 6 heteroatoms. The molecular weight excluding hydrogens is 240 g/mol. The third-order valence-corrected chi connectivity index (χ3v) is 4.58. The van der Waals surface area contributed by atoms with Crippen LogP contribution in [0.25, 0.3) is 0 Å². The summed E-state index contributed by atoms with van der Waals surface area (Å²) in [6, 6.07) is 9.64. The average Bonchev–Trinajstić information content (AvgIpc) is 2.80. The lowest BCUT2D eigenvalue weighted by molar-refractivity contribution is 0.103. The molecule has 17 heavy (non-hydrogen) atoms. The molecule has 0 saturated carbocycles. The first-order valence-corrected chi connectivity index (χ1v) is 6.75. The molecule has 0 aromatic heterocycles. The van der Waals surface area contributed by atoms with E-state index in [2.05, 4.69) is 0 Å². The number of benzene rings is 1. The Morgan fingerprint density at radius 2 is 1.94 bits per heavy atom. The van der Waals surface area contributed by atoms with Gasteiger partial charge in [0, 0.05) is 20.6 Å². The SMILES string of the molecule is CN(C)S(=O)(=O)N1COC(c2ccccc2)C1. The van der Waals surface area contributed by atoms with Gasteiger partial charge in [0.25, 0.3) is 10.2 Å². The van der Waals surface area contributed by atoms with Gasteiger partial charge in [0.1, 0.15) is 6.73 Å². The lowest BCUT2D eigenvalue weighted by Gasteiger charge is -2.19. The molecule has 1 aliphatic heterocycles. The summed E-state index contributed by atoms with van der Waals surface area (Å²) in [5, 5.41) is 0. The molecule has 1 atom stereocenters. The van der Waals surface area contributed by atoms with Gasteiger partial charge in [-0.15, -0.1) is 0 Å². The van der Waals surface area contributed by atoms with Crippen molar-refractivity contribution in [3.8, 4) is 0 Å². The van der Waals surface area contributed by atoms with Crippen LogP contribution in [0.2, 0.25) is 0 Å². The Kier molecular flexibility index (Phi) is 3.48. The maximum Gasteiger partial charge on any atom is 0.283 e. The Labute approximate surface area is 102 Å². The number of nitrogens with zero attached hydrogens (tertiary/aromatic N) is 2. The summed E-state index contributed by atoms with van der Waals surface area (Å²) < 4.78 is 31.8. The van der Waals surface area contributed by atoms with E-state index in [1.807, 2.05) is 30.3 Å². The fourth-order valence-corrected chi connectivity index (χ4v) is 2.70. The van der Waals surface area contributed by atoms with E-state index >= 15 is 0 Å². The first kappa shape index (κ1) is 12.5. The molecule has 0 amide bonds. The zero-order valence-corrected chi connectivity index (χ0v) is 10.7. The van der Waals surface area contributed by atoms with Crippen LogP contribution < -0.4 is 0 Å². The summed E-state index contributed by atoms with van der Waals surface area (Å²) in [5.41, 5.74) is 1.00. The van der Waals surface area contributed by atoms with Crippen LogP contribution in [0, 0.1) is 0 Å². The van der Waals surface area contributed by atoms with Crippen molar-refractivity contribution in [3.63, 3.8) is 0 Å². The standard InChI is InChI=1S/C11H16N2O3S/c1-12(2)17(14,15)13-8-11(16-9-13)10-6-4-3-5-7-10/h3-7,11H,8-9H2,1-2H3. The van der Waals surface area contributed by atoms with E-state index in [1.165, 1.54) is 22.7 Å². The molecule has 94 valence electrons. The van der Waals surface area contributed by atoms with E-state index < -0.39 is 10.2 Å². The van der Waals surface area contributed by atoms with Crippen molar-refractivity contribution in [2.24, 2.45) is 0 Å². The second-order valence-electron chi connectivity index (χ2n) is 4.12. The number of ether oxygens (including phenoxy) is 1. The lowest BCUT2D eigenvalue weighted by Crippen LogP contribution is -2.38. The van der Waals surface area contributed by atoms with Crippen molar-refractivity contribution in [1.82, 2.24) is 8.61 Å². The van der Waals surface area contributed by atoms with E-state index in [1.54, 1.807) is 0 Å². The molecule has 5 nitrogen and oxygen atoms in total. The summed E-state index contributed by atoms with van der Waals surface area (Å²) in [6.45, 7) is 0.477. The summed E-state index contributed by atoms with van der Waals surface area (Å²) >= 11 is 0. The van der Waals surface area contributed by atoms with Crippen molar-refractivity contribution in [1.29, 1.82) is 0 Å². The predicted octanol–water partition coefficient (Wildman–Crippen LogP) is 0.824. The van der Waals surface area contributed by atoms with Gasteiger partial charge in [-0.05, 0) is 5.56 Å². The number of rotatable bonds is 3. The lowest BCUT2D eigenvalue weighted by atomic mass is 10.1. The molecule has 1 aromatic rings. The molecule has 2 rings (SSSR count). The average molecular weight is 256 g/mol. The Bertz CT molecular complexity index is 473. The highest BCUT2D eigenvalue weighted by molar-refractivity contribution is 7.86. The van der Waals surface area contributed by atoms with Crippen molar-refractivity contribution in [2.45, 2.75) is 6.10 Å². The minimum Gasteiger partial charge on any atom is -0.356 e. The van der Waals surface area contributed by atoms with E-state index in [9.17, 15) is 8.42 Å². The van der Waals surface area contributed by atoms with E-state index in [4.69, 9.17) is 4.74 Å². The van der Waals surface area contributed by atoms with Crippen LogP contribution in [0.1, 0.15) is 11.7 Å². The molecule has 1 aliphatic rings. The van der Waals surface area contributed by atoms with Crippen molar-refractivity contribution in [3.05, 3.63) is 35.9 Å². The minimum atomic E-state index is -3.38. The largest absolute Gasteiger partial charge is 0.356 e. The zero-order valence-electron chi connectivity index (χ0n) is 9.91. The Morgan fingerprint density at radius 1 is 1.29 bits per heavy atom. The molecule has 0 N–H and O–H groups in total. The molecule has 0 bridgehead atoms. The van der Waals surface area contributed by atoms with Gasteiger partial charge in [-0.3, -0.25) is 0 Å². The monoisotopic (exact) mass is 256 g/mol. The van der Waals surface area contributed by atoms with Gasteiger partial charge in [-0.2, -0.15) is 17.0 Å². The summed E-state index contributed by atoms with van der Waals surface area (Å²) in [7, 11) is -0.338. The zero-order chi connectivity index (χ0) is 12.5. The normalized spacial score (nSPS) is 22.2. The van der Waals surface area contributed by atoms with Crippen LogP contribution in [0.5, 0.6) is 0 Å². The Morgan fingerprint density at radius 3 is 2.53 bits per heavy atom. The van der Waals surface area contributed by atoms with Crippen LogP contribution in [-0.4, -0.2) is 44.4 Å². The van der Waals surface area contributed by atoms with Crippen LogP contribution >= 0.6 is 0 Å². The highest BCUT2D eigenvalue weighted by atomic mass is 32.2. The Balaban J connectivity index is 2.11. The van der Waals surface area contributed by atoms with Gasteiger partial charge in [0.2, 0.25) is 0 Å². The predicted molar refractivity (Wildman–Crippen MR) is 64.4 cm³/mol. The molecular formula is C11H16N2O3S. The summed E-state index contributed by atoms with van der Waals surface area (Å²) in [5.74, 6) is 0. The number of hydrogen-bond donors (Lipinski definition) is 0. The molecule has 1 unspecified atom stereocenters. The molecule has 1 saturated heterocycles. The third-order valence-electron chi connectivity index (χ3n) is 2.75. The second-order valence-corrected chi connectivity index (χ2v) is 6.26. The molecule has 0 aliphatic carbocycles. The maximum atomic E-state index is 11.9. The summed E-state index contributed by atoms with van der Waals surface area (Å²) in [6.07, 6.45) is -0.175. The van der Waals surface area contributed by atoms with Crippen LogP contribution in [-0.2, 0) is 14.9 Å².